The van der Waals surface area contributed by atoms with Crippen molar-refractivity contribution < 1.29 is 9.90 Å². The minimum atomic E-state index is -0.736. The van der Waals surface area contributed by atoms with E-state index in [-0.39, 0.29) is 12.3 Å². The number of carboxylic acids is 1. The molecule has 0 saturated carbocycles. The van der Waals surface area contributed by atoms with E-state index in [1.807, 2.05) is 13.0 Å². The maximum Gasteiger partial charge on any atom is 0.303 e. The number of aryl methyl sites for hydroxylation is 2. The first kappa shape index (κ1) is 13.7. The van der Waals surface area contributed by atoms with Gasteiger partial charge in [-0.25, -0.2) is 0 Å². The Morgan fingerprint density at radius 2 is 2.00 bits per heavy atom. The molecule has 0 saturated heterocycles. The molecule has 19 heavy (non-hydrogen) atoms. The topological polar surface area (TPSA) is 53.1 Å². The van der Waals surface area contributed by atoms with Crippen LogP contribution in [0.15, 0.2) is 18.2 Å². The summed E-state index contributed by atoms with van der Waals surface area (Å²) in [6.07, 6.45) is 0.180. The number of aromatic amines is 1. The van der Waals surface area contributed by atoms with E-state index in [2.05, 4.69) is 37.9 Å². The van der Waals surface area contributed by atoms with Gasteiger partial charge in [-0.1, -0.05) is 32.0 Å². The van der Waals surface area contributed by atoms with Crippen molar-refractivity contribution in [2.24, 2.45) is 5.92 Å². The number of benzene rings is 1. The SMILES string of the molecule is Cc1[nH]c2c(C)cccc2c1C(CC(=O)O)C(C)C. The van der Waals surface area contributed by atoms with Gasteiger partial charge in [-0.3, -0.25) is 4.79 Å². The van der Waals surface area contributed by atoms with E-state index in [1.54, 1.807) is 0 Å². The summed E-state index contributed by atoms with van der Waals surface area (Å²) in [6, 6.07) is 6.19. The molecule has 2 aromatic rings. The minimum Gasteiger partial charge on any atom is -0.481 e. The Balaban J connectivity index is 2.62. The predicted molar refractivity (Wildman–Crippen MR) is 77.6 cm³/mol. The summed E-state index contributed by atoms with van der Waals surface area (Å²) in [7, 11) is 0. The molecule has 3 nitrogen and oxygen atoms in total. The van der Waals surface area contributed by atoms with Crippen LogP contribution in [-0.2, 0) is 4.79 Å². The summed E-state index contributed by atoms with van der Waals surface area (Å²) in [4.78, 5) is 14.5. The molecule has 102 valence electrons. The van der Waals surface area contributed by atoms with Crippen molar-refractivity contribution in [1.29, 1.82) is 0 Å². The number of hydrogen-bond acceptors (Lipinski definition) is 1. The first-order valence-electron chi connectivity index (χ1n) is 6.71. The van der Waals surface area contributed by atoms with Gasteiger partial charge in [0.25, 0.3) is 0 Å². The summed E-state index contributed by atoms with van der Waals surface area (Å²) in [5, 5.41) is 10.3. The molecule has 1 atom stereocenters. The third-order valence-electron chi connectivity index (χ3n) is 3.85. The van der Waals surface area contributed by atoms with E-state index in [1.165, 1.54) is 5.56 Å². The van der Waals surface area contributed by atoms with Crippen LogP contribution in [0.2, 0.25) is 0 Å². The van der Waals surface area contributed by atoms with Crippen molar-refractivity contribution in [2.75, 3.05) is 0 Å². The third kappa shape index (κ3) is 2.50. The number of aromatic nitrogens is 1. The molecule has 2 rings (SSSR count). The molecule has 0 amide bonds. The molecule has 2 N–H and O–H groups in total. The Labute approximate surface area is 113 Å². The number of rotatable bonds is 4. The summed E-state index contributed by atoms with van der Waals surface area (Å²) in [5.74, 6) is -0.387. The summed E-state index contributed by atoms with van der Waals surface area (Å²) in [6.45, 7) is 8.28. The Kier molecular flexibility index (Phi) is 3.65. The number of para-hydroxylation sites is 1. The lowest BCUT2D eigenvalue weighted by Crippen LogP contribution is -2.12. The van der Waals surface area contributed by atoms with Gasteiger partial charge in [-0.15, -0.1) is 0 Å². The lowest BCUT2D eigenvalue weighted by molar-refractivity contribution is -0.137. The molecule has 3 heteroatoms. The molecular formula is C16H21NO2. The molecule has 0 aliphatic carbocycles. The van der Waals surface area contributed by atoms with Crippen molar-refractivity contribution in [3.05, 3.63) is 35.0 Å². The lowest BCUT2D eigenvalue weighted by atomic mass is 9.84. The second-order valence-electron chi connectivity index (χ2n) is 5.61. The number of H-pyrrole nitrogens is 1. The Bertz CT molecular complexity index is 610. The average Bonchev–Trinajstić information content (AvgIpc) is 2.64. The van der Waals surface area contributed by atoms with Crippen LogP contribution in [0.1, 0.15) is 43.0 Å². The summed E-state index contributed by atoms with van der Waals surface area (Å²) >= 11 is 0. The number of hydrogen-bond donors (Lipinski definition) is 2. The van der Waals surface area contributed by atoms with Crippen LogP contribution in [0.5, 0.6) is 0 Å². The quantitative estimate of drug-likeness (QED) is 0.872. The number of carbonyl (C=O) groups is 1. The van der Waals surface area contributed by atoms with Crippen molar-refractivity contribution >= 4 is 16.9 Å². The molecule has 1 unspecified atom stereocenters. The van der Waals surface area contributed by atoms with Crippen molar-refractivity contribution in [1.82, 2.24) is 4.98 Å². The predicted octanol–water partition coefficient (Wildman–Crippen LogP) is 4.00. The van der Waals surface area contributed by atoms with Crippen LogP contribution < -0.4 is 0 Å². The Hall–Kier alpha value is -1.77. The fourth-order valence-electron chi connectivity index (χ4n) is 2.85. The smallest absolute Gasteiger partial charge is 0.303 e. The second-order valence-corrected chi connectivity index (χ2v) is 5.61. The molecule has 0 fully saturated rings. The van der Waals surface area contributed by atoms with Gasteiger partial charge in [0.05, 0.1) is 6.42 Å². The fourth-order valence-corrected chi connectivity index (χ4v) is 2.85. The Morgan fingerprint density at radius 1 is 1.32 bits per heavy atom. The maximum atomic E-state index is 11.1. The van der Waals surface area contributed by atoms with E-state index in [0.29, 0.717) is 5.92 Å². The molecule has 1 heterocycles. The van der Waals surface area contributed by atoms with Gasteiger partial charge in [-0.05, 0) is 36.8 Å². The average molecular weight is 259 g/mol. The lowest BCUT2D eigenvalue weighted by Gasteiger charge is -2.20. The zero-order chi connectivity index (χ0) is 14.2. The number of nitrogens with one attached hydrogen (secondary N) is 1. The van der Waals surface area contributed by atoms with Crippen LogP contribution in [0.4, 0.5) is 0 Å². The number of carboxylic acid groups (broad SMARTS) is 1. The number of fused-ring (bicyclic) bond motifs is 1. The van der Waals surface area contributed by atoms with Gasteiger partial charge < -0.3 is 10.1 Å². The molecule has 0 radical (unpaired) electrons. The van der Waals surface area contributed by atoms with Crippen LogP contribution >= 0.6 is 0 Å². The third-order valence-corrected chi connectivity index (χ3v) is 3.85. The van der Waals surface area contributed by atoms with Gasteiger partial charge in [0.15, 0.2) is 0 Å². The van der Waals surface area contributed by atoms with Gasteiger partial charge >= 0.3 is 5.97 Å². The van der Waals surface area contributed by atoms with Crippen molar-refractivity contribution in [3.8, 4) is 0 Å². The van der Waals surface area contributed by atoms with E-state index in [4.69, 9.17) is 5.11 Å². The molecule has 0 aliphatic heterocycles. The highest BCUT2D eigenvalue weighted by Crippen LogP contribution is 2.36. The highest BCUT2D eigenvalue weighted by Gasteiger charge is 2.24. The van der Waals surface area contributed by atoms with Crippen molar-refractivity contribution in [2.45, 2.75) is 40.0 Å². The fraction of sp³-hybridized carbons (Fsp3) is 0.438. The van der Waals surface area contributed by atoms with E-state index in [9.17, 15) is 4.79 Å². The van der Waals surface area contributed by atoms with Gasteiger partial charge in [0.1, 0.15) is 0 Å². The standard InChI is InChI=1S/C16H21NO2/c1-9(2)13(8-14(18)19)15-11(4)17-16-10(3)6-5-7-12(15)16/h5-7,9,13,17H,8H2,1-4H3,(H,18,19). The zero-order valence-electron chi connectivity index (χ0n) is 11.9. The minimum absolute atomic E-state index is 0.0491. The van der Waals surface area contributed by atoms with Crippen LogP contribution in [0, 0.1) is 19.8 Å². The first-order valence-corrected chi connectivity index (χ1v) is 6.71. The molecular weight excluding hydrogens is 238 g/mol. The molecule has 0 aliphatic rings. The second kappa shape index (κ2) is 5.08. The molecule has 0 spiro atoms. The molecule has 0 bridgehead atoms. The van der Waals surface area contributed by atoms with E-state index < -0.39 is 5.97 Å². The highest BCUT2D eigenvalue weighted by molar-refractivity contribution is 5.88. The van der Waals surface area contributed by atoms with Gasteiger partial charge in [0, 0.05) is 16.6 Å². The largest absolute Gasteiger partial charge is 0.481 e. The van der Waals surface area contributed by atoms with Crippen LogP contribution in [-0.4, -0.2) is 16.1 Å². The molecule has 1 aromatic heterocycles. The van der Waals surface area contributed by atoms with E-state index in [0.717, 1.165) is 22.2 Å². The summed E-state index contributed by atoms with van der Waals surface area (Å²) in [5.41, 5.74) is 4.58. The zero-order valence-corrected chi connectivity index (χ0v) is 11.9. The Morgan fingerprint density at radius 3 is 2.58 bits per heavy atom. The summed E-state index contributed by atoms with van der Waals surface area (Å²) < 4.78 is 0. The van der Waals surface area contributed by atoms with Gasteiger partial charge in [-0.2, -0.15) is 0 Å². The highest BCUT2D eigenvalue weighted by atomic mass is 16.4. The number of aliphatic carboxylic acids is 1. The first-order chi connectivity index (χ1) is 8.91. The normalized spacial score (nSPS) is 13.1. The van der Waals surface area contributed by atoms with Crippen LogP contribution in [0.25, 0.3) is 10.9 Å². The van der Waals surface area contributed by atoms with E-state index >= 15 is 0 Å². The van der Waals surface area contributed by atoms with Gasteiger partial charge in [0.2, 0.25) is 0 Å². The monoisotopic (exact) mass is 259 g/mol. The van der Waals surface area contributed by atoms with Crippen molar-refractivity contribution in [3.63, 3.8) is 0 Å². The maximum absolute atomic E-state index is 11.1. The van der Waals surface area contributed by atoms with Crippen LogP contribution in [0.3, 0.4) is 0 Å². The molecule has 1 aromatic carbocycles.